The number of allylic oxidation sites excluding steroid dienone is 1. The SMILES string of the molecule is C[C@H]1CC/C=C\C2CC2(C(=O)NS(=O)(=O)C2(C)CC2)NC(=O)[C@@H]2C[C@@H](Oc3nccc4c5c(ccc34)CCCO5)CN2C(=O)[C@@H](NC(=O)O)[C@H](C)C1. The zero-order valence-electron chi connectivity index (χ0n) is 29.7. The number of benzene rings is 1. The number of nitrogens with zero attached hydrogens (tertiary/aromatic N) is 2. The Bertz CT molecular complexity index is 1930. The number of carboxylic acid groups (broad SMARTS) is 1. The topological polar surface area (TPSA) is 193 Å². The van der Waals surface area contributed by atoms with E-state index in [-0.39, 0.29) is 25.3 Å². The molecule has 14 nitrogen and oxygen atoms in total. The minimum atomic E-state index is -4.00. The Morgan fingerprint density at radius 2 is 1.92 bits per heavy atom. The van der Waals surface area contributed by atoms with E-state index in [1.54, 1.807) is 13.1 Å². The van der Waals surface area contributed by atoms with Crippen molar-refractivity contribution in [3.63, 3.8) is 0 Å². The van der Waals surface area contributed by atoms with Crippen LogP contribution >= 0.6 is 0 Å². The molecule has 2 unspecified atom stereocenters. The van der Waals surface area contributed by atoms with Crippen LogP contribution in [0.25, 0.3) is 10.8 Å². The number of carbonyl (C=O) groups excluding carboxylic acids is 3. The largest absolute Gasteiger partial charge is 0.493 e. The van der Waals surface area contributed by atoms with Gasteiger partial charge in [-0.25, -0.2) is 18.2 Å². The standard InChI is InChI=1S/C37H47N5O9S/c1-21-7-4-5-9-24-19-37(24,34(45)41-52(48,49)36(3)13-14-36)40-31(43)28-18-25(20-42(28)33(44)29(22(2)17-21)39-35(46)47)51-32-27-11-10-23-8-6-16-50-30(23)26(27)12-15-38-32/h5,9-12,15,21-22,24-25,28-29,39H,4,6-8,13-14,16-20H2,1-3H3,(H,40,43)(H,41,45)(H,46,47)/b9-5-/t21-,22+,24?,25+,28-,29-,37?/m0/s1. The molecule has 15 heteroatoms. The fourth-order valence-electron chi connectivity index (χ4n) is 8.03. The zero-order valence-corrected chi connectivity index (χ0v) is 30.5. The molecule has 2 aliphatic carbocycles. The Morgan fingerprint density at radius 1 is 1.13 bits per heavy atom. The van der Waals surface area contributed by atoms with Gasteiger partial charge in [0.1, 0.15) is 29.5 Å². The Balaban J connectivity index is 1.21. The molecule has 7 rings (SSSR count). The van der Waals surface area contributed by atoms with Gasteiger partial charge in [-0.15, -0.1) is 0 Å². The quantitative estimate of drug-likeness (QED) is 0.319. The van der Waals surface area contributed by atoms with Crippen molar-refractivity contribution in [1.29, 1.82) is 0 Å². The first-order chi connectivity index (χ1) is 24.7. The molecule has 4 amide bonds. The number of amides is 4. The maximum Gasteiger partial charge on any atom is 0.405 e. The predicted molar refractivity (Wildman–Crippen MR) is 190 cm³/mol. The first-order valence-electron chi connectivity index (χ1n) is 18.3. The highest BCUT2D eigenvalue weighted by Gasteiger charge is 2.63. The molecule has 3 fully saturated rings. The van der Waals surface area contributed by atoms with Gasteiger partial charge in [-0.05, 0) is 87.8 Å². The highest BCUT2D eigenvalue weighted by molar-refractivity contribution is 7.91. The van der Waals surface area contributed by atoms with Crippen molar-refractivity contribution in [2.24, 2.45) is 17.8 Å². The van der Waals surface area contributed by atoms with Crippen LogP contribution in [-0.4, -0.2) is 88.8 Å². The van der Waals surface area contributed by atoms with Crippen LogP contribution < -0.4 is 24.8 Å². The van der Waals surface area contributed by atoms with E-state index in [1.807, 2.05) is 44.2 Å². The molecule has 7 atom stereocenters. The second kappa shape index (κ2) is 13.5. The van der Waals surface area contributed by atoms with Crippen LogP contribution in [0.1, 0.15) is 77.7 Å². The summed E-state index contributed by atoms with van der Waals surface area (Å²) in [7, 11) is -4.00. The average molecular weight is 738 g/mol. The third kappa shape index (κ3) is 6.79. The molecule has 2 aromatic rings. The molecule has 1 aromatic carbocycles. The number of hydrogen-bond acceptors (Lipinski definition) is 9. The van der Waals surface area contributed by atoms with Crippen molar-refractivity contribution < 1.29 is 42.2 Å². The summed E-state index contributed by atoms with van der Waals surface area (Å²) in [5.41, 5.74) is -0.441. The number of hydrogen-bond donors (Lipinski definition) is 4. The molecule has 52 heavy (non-hydrogen) atoms. The molecule has 1 saturated heterocycles. The summed E-state index contributed by atoms with van der Waals surface area (Å²) >= 11 is 0. The van der Waals surface area contributed by atoms with E-state index in [4.69, 9.17) is 9.47 Å². The van der Waals surface area contributed by atoms with Gasteiger partial charge in [0, 0.05) is 29.3 Å². The van der Waals surface area contributed by atoms with Crippen molar-refractivity contribution in [1.82, 2.24) is 25.2 Å². The van der Waals surface area contributed by atoms with Crippen LogP contribution in [0.15, 0.2) is 36.5 Å². The minimum Gasteiger partial charge on any atom is -0.493 e. The molecule has 0 radical (unpaired) electrons. The molecule has 2 saturated carbocycles. The lowest BCUT2D eigenvalue weighted by Gasteiger charge is -2.32. The molecule has 5 aliphatic rings. The third-order valence-electron chi connectivity index (χ3n) is 11.6. The summed E-state index contributed by atoms with van der Waals surface area (Å²) in [6, 6.07) is 3.47. The first-order valence-corrected chi connectivity index (χ1v) is 19.7. The summed E-state index contributed by atoms with van der Waals surface area (Å²) < 4.78 is 39.9. The molecule has 4 heterocycles. The van der Waals surface area contributed by atoms with E-state index >= 15 is 0 Å². The van der Waals surface area contributed by atoms with Gasteiger partial charge in [0.05, 0.1) is 17.9 Å². The second-order valence-corrected chi connectivity index (χ2v) is 17.8. The number of rotatable bonds is 6. The predicted octanol–water partition coefficient (Wildman–Crippen LogP) is 3.43. The molecular weight excluding hydrogens is 691 g/mol. The van der Waals surface area contributed by atoms with Crippen LogP contribution in [0, 0.1) is 17.8 Å². The van der Waals surface area contributed by atoms with Crippen LogP contribution in [0.3, 0.4) is 0 Å². The van der Waals surface area contributed by atoms with Gasteiger partial charge in [0.2, 0.25) is 27.7 Å². The highest BCUT2D eigenvalue weighted by Crippen LogP contribution is 2.48. The lowest BCUT2D eigenvalue weighted by Crippen LogP contribution is -2.59. The van der Waals surface area contributed by atoms with Gasteiger partial charge in [-0.3, -0.25) is 19.1 Å². The number of pyridine rings is 1. The van der Waals surface area contributed by atoms with E-state index < -0.39 is 74.1 Å². The number of fused-ring (bicyclic) bond motifs is 5. The van der Waals surface area contributed by atoms with Gasteiger partial charge in [-0.2, -0.15) is 0 Å². The lowest BCUT2D eigenvalue weighted by atomic mass is 9.88. The summed E-state index contributed by atoms with van der Waals surface area (Å²) in [5.74, 6) is -1.68. The van der Waals surface area contributed by atoms with Gasteiger partial charge >= 0.3 is 6.09 Å². The maximum atomic E-state index is 14.4. The molecule has 0 spiro atoms. The number of aromatic nitrogens is 1. The molecule has 0 bridgehead atoms. The van der Waals surface area contributed by atoms with E-state index in [1.165, 1.54) is 4.90 Å². The van der Waals surface area contributed by atoms with Crippen molar-refractivity contribution >= 4 is 44.6 Å². The second-order valence-electron chi connectivity index (χ2n) is 15.6. The van der Waals surface area contributed by atoms with Crippen molar-refractivity contribution in [3.05, 3.63) is 42.1 Å². The lowest BCUT2D eigenvalue weighted by molar-refractivity contribution is -0.142. The molecule has 3 aliphatic heterocycles. The van der Waals surface area contributed by atoms with E-state index in [2.05, 4.69) is 20.3 Å². The Morgan fingerprint density at radius 3 is 2.67 bits per heavy atom. The zero-order chi connectivity index (χ0) is 37.0. The van der Waals surface area contributed by atoms with Crippen LogP contribution in [-0.2, 0) is 30.8 Å². The van der Waals surface area contributed by atoms with Gasteiger partial charge in [0.25, 0.3) is 5.91 Å². The summed E-state index contributed by atoms with van der Waals surface area (Å²) in [6.07, 6.45) is 8.18. The van der Waals surface area contributed by atoms with Gasteiger partial charge in [0.15, 0.2) is 0 Å². The van der Waals surface area contributed by atoms with E-state index in [0.717, 1.165) is 36.0 Å². The van der Waals surface area contributed by atoms with Crippen LogP contribution in [0.2, 0.25) is 0 Å². The summed E-state index contributed by atoms with van der Waals surface area (Å²) in [6.45, 7) is 5.99. The van der Waals surface area contributed by atoms with Gasteiger partial charge in [-0.1, -0.05) is 32.1 Å². The fourth-order valence-corrected chi connectivity index (χ4v) is 9.34. The minimum absolute atomic E-state index is 0.0240. The maximum absolute atomic E-state index is 14.4. The van der Waals surface area contributed by atoms with Crippen molar-refractivity contribution in [3.8, 4) is 11.6 Å². The normalized spacial score (nSPS) is 32.0. The Kier molecular flexibility index (Phi) is 9.37. The Hall–Kier alpha value is -4.40. The number of aryl methyl sites for hydroxylation is 1. The molecule has 1 aromatic heterocycles. The summed E-state index contributed by atoms with van der Waals surface area (Å²) in [5, 5.41) is 16.6. The average Bonchev–Trinajstić information content (AvgIpc) is 3.98. The third-order valence-corrected chi connectivity index (χ3v) is 13.7. The van der Waals surface area contributed by atoms with Crippen LogP contribution in [0.5, 0.6) is 11.6 Å². The summed E-state index contributed by atoms with van der Waals surface area (Å²) in [4.78, 5) is 60.4. The Labute approximate surface area is 303 Å². The fraction of sp³-hybridized carbons (Fsp3) is 0.595. The first kappa shape index (κ1) is 36.0. The number of nitrogens with one attached hydrogen (secondary N) is 3. The van der Waals surface area contributed by atoms with Crippen LogP contribution in [0.4, 0.5) is 4.79 Å². The molecular formula is C37H47N5O9S. The van der Waals surface area contributed by atoms with E-state index in [9.17, 15) is 32.7 Å². The van der Waals surface area contributed by atoms with Gasteiger partial charge < -0.3 is 30.1 Å². The molecule has 4 N–H and O–H groups in total. The number of carbonyl (C=O) groups is 4. The van der Waals surface area contributed by atoms with Crippen molar-refractivity contribution in [2.45, 2.75) is 107 Å². The highest BCUT2D eigenvalue weighted by atomic mass is 32.2. The number of ether oxygens (including phenoxy) is 2. The smallest absolute Gasteiger partial charge is 0.405 e. The monoisotopic (exact) mass is 737 g/mol. The number of sulfonamides is 1. The van der Waals surface area contributed by atoms with Crippen molar-refractivity contribution in [2.75, 3.05) is 13.2 Å². The molecule has 280 valence electrons. The van der Waals surface area contributed by atoms with E-state index in [0.29, 0.717) is 43.6 Å².